The van der Waals surface area contributed by atoms with E-state index >= 15 is 0 Å². The number of anilines is 1. The molecule has 0 aliphatic heterocycles. The van der Waals surface area contributed by atoms with E-state index in [2.05, 4.69) is 31.2 Å². The molecule has 9 heteroatoms. The maximum absolute atomic E-state index is 9.75. The summed E-state index contributed by atoms with van der Waals surface area (Å²) < 4.78 is 10.1. The summed E-state index contributed by atoms with van der Waals surface area (Å²) in [7, 11) is 2.90. The zero-order valence-electron chi connectivity index (χ0n) is 10.3. The first-order chi connectivity index (χ1) is 9.24. The molecule has 0 amide bonds. The zero-order chi connectivity index (χ0) is 13.7. The third kappa shape index (κ3) is 2.89. The van der Waals surface area contributed by atoms with Crippen LogP contribution in [-0.2, 0) is 0 Å². The Morgan fingerprint density at radius 1 is 1.32 bits per heavy atom. The van der Waals surface area contributed by atoms with Crippen molar-refractivity contribution >= 4 is 12.2 Å². The summed E-state index contributed by atoms with van der Waals surface area (Å²) in [5, 5.41) is 26.6. The van der Waals surface area contributed by atoms with Gasteiger partial charge in [-0.3, -0.25) is 0 Å². The average Bonchev–Trinajstić information content (AvgIpc) is 2.93. The molecule has 3 N–H and O–H groups in total. The number of aromatic amines is 1. The van der Waals surface area contributed by atoms with Gasteiger partial charge in [0.25, 0.3) is 5.95 Å². The standard InChI is InChI=1S/C10H12N6O3/c1-18-7-3-6(4-8(19-2)9(7)17)5-11-12-10-13-15-16-14-10/h3-5,17H,1-2H3,(H2,12,13,14,15,16)/b11-5-. The maximum Gasteiger partial charge on any atom is 0.283 e. The minimum Gasteiger partial charge on any atom is -0.502 e. The van der Waals surface area contributed by atoms with Crippen molar-refractivity contribution in [2.24, 2.45) is 5.10 Å². The van der Waals surface area contributed by atoms with Gasteiger partial charge in [0.05, 0.1) is 20.4 Å². The van der Waals surface area contributed by atoms with Gasteiger partial charge in [-0.15, -0.1) is 5.10 Å². The quantitative estimate of drug-likeness (QED) is 0.527. The number of phenolic OH excluding ortho intramolecular Hbond substituents is 1. The number of nitrogens with one attached hydrogen (secondary N) is 2. The number of tetrazole rings is 1. The summed E-state index contributed by atoms with van der Waals surface area (Å²) in [5.41, 5.74) is 3.24. The van der Waals surface area contributed by atoms with Crippen LogP contribution in [0.3, 0.4) is 0 Å². The van der Waals surface area contributed by atoms with Gasteiger partial charge in [0.1, 0.15) is 0 Å². The minimum atomic E-state index is -0.0618. The van der Waals surface area contributed by atoms with Crippen LogP contribution in [0.5, 0.6) is 17.2 Å². The SMILES string of the molecule is COc1cc(/C=N\Nc2nn[nH]n2)cc(OC)c1O. The van der Waals surface area contributed by atoms with Gasteiger partial charge < -0.3 is 14.6 Å². The van der Waals surface area contributed by atoms with E-state index in [1.165, 1.54) is 20.4 Å². The number of ether oxygens (including phenoxy) is 2. The first kappa shape index (κ1) is 12.6. The summed E-state index contributed by atoms with van der Waals surface area (Å²) in [6, 6.07) is 3.22. The molecular formula is C10H12N6O3. The van der Waals surface area contributed by atoms with Crippen LogP contribution in [0.25, 0.3) is 0 Å². The molecule has 0 atom stereocenters. The molecule has 1 aromatic carbocycles. The highest BCUT2D eigenvalue weighted by atomic mass is 16.5. The Balaban J connectivity index is 2.17. The molecule has 0 aliphatic carbocycles. The molecule has 0 radical (unpaired) electrons. The molecule has 9 nitrogen and oxygen atoms in total. The van der Waals surface area contributed by atoms with Crippen LogP contribution >= 0.6 is 0 Å². The second-order valence-electron chi connectivity index (χ2n) is 3.38. The van der Waals surface area contributed by atoms with Crippen LogP contribution in [0, 0.1) is 0 Å². The van der Waals surface area contributed by atoms with E-state index in [1.54, 1.807) is 12.1 Å². The highest BCUT2D eigenvalue weighted by Crippen LogP contribution is 2.36. The molecule has 0 spiro atoms. The highest BCUT2D eigenvalue weighted by molar-refractivity contribution is 5.82. The monoisotopic (exact) mass is 264 g/mol. The minimum absolute atomic E-state index is 0.0618. The number of benzene rings is 1. The molecule has 19 heavy (non-hydrogen) atoms. The zero-order valence-corrected chi connectivity index (χ0v) is 10.3. The van der Waals surface area contributed by atoms with Gasteiger partial charge in [0, 0.05) is 5.56 Å². The van der Waals surface area contributed by atoms with Crippen molar-refractivity contribution < 1.29 is 14.6 Å². The predicted octanol–water partition coefficient (Wildman–Crippen LogP) is 0.368. The lowest BCUT2D eigenvalue weighted by atomic mass is 10.2. The van der Waals surface area contributed by atoms with Gasteiger partial charge in [-0.2, -0.15) is 10.3 Å². The van der Waals surface area contributed by atoms with E-state index in [9.17, 15) is 5.11 Å². The van der Waals surface area contributed by atoms with E-state index in [0.29, 0.717) is 17.1 Å². The normalized spacial score (nSPS) is 10.6. The van der Waals surface area contributed by atoms with Gasteiger partial charge in [0.2, 0.25) is 5.75 Å². The van der Waals surface area contributed by atoms with Crippen molar-refractivity contribution in [2.45, 2.75) is 0 Å². The number of hydrogen-bond acceptors (Lipinski definition) is 8. The molecule has 2 rings (SSSR count). The largest absolute Gasteiger partial charge is 0.502 e. The Morgan fingerprint density at radius 2 is 2.00 bits per heavy atom. The van der Waals surface area contributed by atoms with Gasteiger partial charge in [-0.1, -0.05) is 5.10 Å². The lowest BCUT2D eigenvalue weighted by Gasteiger charge is -2.09. The molecule has 1 heterocycles. The topological polar surface area (TPSA) is 118 Å². The van der Waals surface area contributed by atoms with Gasteiger partial charge in [-0.05, 0) is 17.3 Å². The Labute approximate surface area is 108 Å². The molecular weight excluding hydrogens is 252 g/mol. The van der Waals surface area contributed by atoms with Crippen molar-refractivity contribution in [3.05, 3.63) is 17.7 Å². The molecule has 0 bridgehead atoms. The van der Waals surface area contributed by atoms with E-state index in [1.807, 2.05) is 0 Å². The first-order valence-electron chi connectivity index (χ1n) is 5.22. The Hall–Kier alpha value is -2.84. The fourth-order valence-corrected chi connectivity index (χ4v) is 1.36. The van der Waals surface area contributed by atoms with Crippen LogP contribution < -0.4 is 14.9 Å². The number of hydrogen-bond donors (Lipinski definition) is 3. The molecule has 2 aromatic rings. The molecule has 100 valence electrons. The number of nitrogens with zero attached hydrogens (tertiary/aromatic N) is 4. The number of aromatic nitrogens is 4. The third-order valence-electron chi connectivity index (χ3n) is 2.23. The summed E-state index contributed by atoms with van der Waals surface area (Å²) in [6.45, 7) is 0. The number of H-pyrrole nitrogens is 1. The summed E-state index contributed by atoms with van der Waals surface area (Å²) in [6.07, 6.45) is 1.50. The Bertz CT molecular complexity index is 544. The molecule has 1 aromatic heterocycles. The number of phenols is 1. The van der Waals surface area contributed by atoms with Crippen molar-refractivity contribution in [3.63, 3.8) is 0 Å². The van der Waals surface area contributed by atoms with E-state index in [4.69, 9.17) is 9.47 Å². The van der Waals surface area contributed by atoms with Crippen molar-refractivity contribution in [3.8, 4) is 17.2 Å². The predicted molar refractivity (Wildman–Crippen MR) is 66.6 cm³/mol. The molecule has 0 unspecified atom stereocenters. The fraction of sp³-hybridized carbons (Fsp3) is 0.200. The third-order valence-corrected chi connectivity index (χ3v) is 2.23. The average molecular weight is 264 g/mol. The lowest BCUT2D eigenvalue weighted by Crippen LogP contribution is -1.95. The number of aromatic hydroxyl groups is 1. The van der Waals surface area contributed by atoms with Crippen molar-refractivity contribution in [1.29, 1.82) is 0 Å². The van der Waals surface area contributed by atoms with E-state index < -0.39 is 0 Å². The van der Waals surface area contributed by atoms with E-state index in [-0.39, 0.29) is 11.7 Å². The van der Waals surface area contributed by atoms with Crippen LogP contribution in [0.1, 0.15) is 5.56 Å². The maximum atomic E-state index is 9.75. The van der Waals surface area contributed by atoms with Crippen molar-refractivity contribution in [2.75, 3.05) is 19.6 Å². The van der Waals surface area contributed by atoms with Crippen LogP contribution in [0.15, 0.2) is 17.2 Å². The molecule has 0 saturated carbocycles. The molecule has 0 aliphatic rings. The fourth-order valence-electron chi connectivity index (χ4n) is 1.36. The summed E-state index contributed by atoms with van der Waals surface area (Å²) in [4.78, 5) is 0. The molecule has 0 saturated heterocycles. The smallest absolute Gasteiger partial charge is 0.283 e. The van der Waals surface area contributed by atoms with Gasteiger partial charge >= 0.3 is 0 Å². The summed E-state index contributed by atoms with van der Waals surface area (Å²) >= 11 is 0. The number of rotatable bonds is 5. The molecule has 0 fully saturated rings. The second-order valence-corrected chi connectivity index (χ2v) is 3.38. The number of hydrazone groups is 1. The van der Waals surface area contributed by atoms with Gasteiger partial charge in [-0.25, -0.2) is 5.43 Å². The number of methoxy groups -OCH3 is 2. The Kier molecular flexibility index (Phi) is 3.76. The summed E-state index contributed by atoms with van der Waals surface area (Å²) in [5.74, 6) is 0.767. The van der Waals surface area contributed by atoms with E-state index in [0.717, 1.165) is 0 Å². The van der Waals surface area contributed by atoms with Crippen LogP contribution in [0.2, 0.25) is 0 Å². The van der Waals surface area contributed by atoms with Crippen LogP contribution in [0.4, 0.5) is 5.95 Å². The second kappa shape index (κ2) is 5.67. The highest BCUT2D eigenvalue weighted by Gasteiger charge is 2.10. The van der Waals surface area contributed by atoms with Crippen LogP contribution in [-0.4, -0.2) is 46.2 Å². The van der Waals surface area contributed by atoms with Crippen molar-refractivity contribution in [1.82, 2.24) is 20.6 Å². The Morgan fingerprint density at radius 3 is 2.53 bits per heavy atom. The first-order valence-corrected chi connectivity index (χ1v) is 5.22. The van der Waals surface area contributed by atoms with Gasteiger partial charge in [0.15, 0.2) is 11.5 Å². The lowest BCUT2D eigenvalue weighted by molar-refractivity contribution is 0.340.